The van der Waals surface area contributed by atoms with E-state index in [-0.39, 0.29) is 13.0 Å². The first-order valence-electron chi connectivity index (χ1n) is 6.65. The van der Waals surface area contributed by atoms with Crippen LogP contribution in [0.4, 0.5) is 23.2 Å². The highest BCUT2D eigenvalue weighted by Crippen LogP contribution is 2.36. The van der Waals surface area contributed by atoms with Gasteiger partial charge in [0, 0.05) is 24.8 Å². The zero-order chi connectivity index (χ0) is 14.9. The molecule has 1 aromatic carbocycles. The average Bonchev–Trinajstić information content (AvgIpc) is 2.37. The molecular weight excluding hydrogens is 272 g/mol. The third-order valence-electron chi connectivity index (χ3n) is 3.71. The topological polar surface area (TPSA) is 29.3 Å². The molecule has 2 N–H and O–H groups in total. The van der Waals surface area contributed by atoms with Gasteiger partial charge < -0.3 is 10.6 Å². The van der Waals surface area contributed by atoms with E-state index in [1.165, 1.54) is 18.2 Å². The monoisotopic (exact) mass is 290 g/mol. The maximum absolute atomic E-state index is 13.3. The van der Waals surface area contributed by atoms with Crippen molar-refractivity contribution in [3.05, 3.63) is 29.6 Å². The SMILES string of the molecule is CC(N)c1cc(F)ccc1N1CCCC(C(F)(F)F)C1. The van der Waals surface area contributed by atoms with Crippen molar-refractivity contribution in [3.63, 3.8) is 0 Å². The summed E-state index contributed by atoms with van der Waals surface area (Å²) in [5, 5.41) is 0. The molecule has 0 spiro atoms. The third kappa shape index (κ3) is 3.23. The van der Waals surface area contributed by atoms with Gasteiger partial charge in [-0.15, -0.1) is 0 Å². The van der Waals surface area contributed by atoms with Crippen LogP contribution in [0.3, 0.4) is 0 Å². The Bertz CT molecular complexity index is 471. The number of rotatable bonds is 2. The van der Waals surface area contributed by atoms with Crippen LogP contribution in [0.2, 0.25) is 0 Å². The molecule has 20 heavy (non-hydrogen) atoms. The lowest BCUT2D eigenvalue weighted by Gasteiger charge is -2.36. The zero-order valence-corrected chi connectivity index (χ0v) is 11.3. The highest BCUT2D eigenvalue weighted by molar-refractivity contribution is 5.55. The van der Waals surface area contributed by atoms with Gasteiger partial charge in [-0.3, -0.25) is 0 Å². The van der Waals surface area contributed by atoms with Gasteiger partial charge in [-0.25, -0.2) is 4.39 Å². The van der Waals surface area contributed by atoms with E-state index in [2.05, 4.69) is 0 Å². The smallest absolute Gasteiger partial charge is 0.371 e. The second-order valence-electron chi connectivity index (χ2n) is 5.32. The van der Waals surface area contributed by atoms with Gasteiger partial charge in [-0.05, 0) is 43.5 Å². The summed E-state index contributed by atoms with van der Waals surface area (Å²) in [6.07, 6.45) is -3.57. The number of piperidine rings is 1. The maximum atomic E-state index is 13.3. The number of nitrogens with two attached hydrogens (primary N) is 1. The van der Waals surface area contributed by atoms with Crippen molar-refractivity contribution in [1.82, 2.24) is 0 Å². The summed E-state index contributed by atoms with van der Waals surface area (Å²) >= 11 is 0. The normalized spacial score (nSPS) is 21.9. The van der Waals surface area contributed by atoms with Crippen LogP contribution in [0.5, 0.6) is 0 Å². The Kier molecular flexibility index (Phi) is 4.22. The molecule has 0 aromatic heterocycles. The fourth-order valence-corrected chi connectivity index (χ4v) is 2.64. The van der Waals surface area contributed by atoms with Crippen molar-refractivity contribution in [3.8, 4) is 0 Å². The molecule has 112 valence electrons. The lowest BCUT2D eigenvalue weighted by molar-refractivity contribution is -0.176. The Hall–Kier alpha value is -1.30. The van der Waals surface area contributed by atoms with Crippen LogP contribution in [0.1, 0.15) is 31.4 Å². The second kappa shape index (κ2) is 5.60. The van der Waals surface area contributed by atoms with Crippen molar-refractivity contribution in [2.24, 2.45) is 11.7 Å². The molecule has 0 saturated carbocycles. The predicted octanol–water partition coefficient (Wildman–Crippen LogP) is 3.62. The summed E-state index contributed by atoms with van der Waals surface area (Å²) in [6, 6.07) is 3.66. The summed E-state index contributed by atoms with van der Waals surface area (Å²) < 4.78 is 51.8. The first kappa shape index (κ1) is 15.1. The van der Waals surface area contributed by atoms with Crippen LogP contribution in [0.25, 0.3) is 0 Å². The zero-order valence-electron chi connectivity index (χ0n) is 11.3. The molecule has 1 saturated heterocycles. The van der Waals surface area contributed by atoms with E-state index in [0.29, 0.717) is 24.2 Å². The number of nitrogens with zero attached hydrogens (tertiary/aromatic N) is 1. The molecule has 2 rings (SSSR count). The summed E-state index contributed by atoms with van der Waals surface area (Å²) in [6.45, 7) is 2.15. The van der Waals surface area contributed by atoms with Crippen molar-refractivity contribution >= 4 is 5.69 Å². The molecule has 0 amide bonds. The number of alkyl halides is 3. The largest absolute Gasteiger partial charge is 0.393 e. The van der Waals surface area contributed by atoms with Crippen molar-refractivity contribution in [2.45, 2.75) is 32.0 Å². The number of hydrogen-bond donors (Lipinski definition) is 1. The quantitative estimate of drug-likeness (QED) is 0.843. The van der Waals surface area contributed by atoms with E-state index < -0.39 is 24.0 Å². The van der Waals surface area contributed by atoms with E-state index in [1.807, 2.05) is 0 Å². The number of hydrogen-bond acceptors (Lipinski definition) is 2. The number of benzene rings is 1. The highest BCUT2D eigenvalue weighted by atomic mass is 19.4. The molecule has 1 aliphatic heterocycles. The lowest BCUT2D eigenvalue weighted by Crippen LogP contribution is -2.42. The molecular formula is C14H18F4N2. The molecule has 0 aliphatic carbocycles. The molecule has 1 fully saturated rings. The Morgan fingerprint density at radius 2 is 2.05 bits per heavy atom. The average molecular weight is 290 g/mol. The second-order valence-corrected chi connectivity index (χ2v) is 5.32. The van der Waals surface area contributed by atoms with Crippen LogP contribution in [0.15, 0.2) is 18.2 Å². The van der Waals surface area contributed by atoms with Crippen LogP contribution >= 0.6 is 0 Å². The van der Waals surface area contributed by atoms with E-state index >= 15 is 0 Å². The van der Waals surface area contributed by atoms with Gasteiger partial charge in [0.25, 0.3) is 0 Å². The Labute approximate surface area is 115 Å². The third-order valence-corrected chi connectivity index (χ3v) is 3.71. The molecule has 2 atom stereocenters. The van der Waals surface area contributed by atoms with Crippen LogP contribution < -0.4 is 10.6 Å². The van der Waals surface area contributed by atoms with Gasteiger partial charge in [0.2, 0.25) is 0 Å². The molecule has 1 aliphatic rings. The summed E-state index contributed by atoms with van der Waals surface area (Å²) in [5.41, 5.74) is 6.95. The summed E-state index contributed by atoms with van der Waals surface area (Å²) in [5.74, 6) is -1.76. The van der Waals surface area contributed by atoms with Crippen molar-refractivity contribution in [2.75, 3.05) is 18.0 Å². The molecule has 6 heteroatoms. The Balaban J connectivity index is 2.27. The minimum atomic E-state index is -4.19. The van der Waals surface area contributed by atoms with E-state index in [0.717, 1.165) is 0 Å². The fraction of sp³-hybridized carbons (Fsp3) is 0.571. The van der Waals surface area contributed by atoms with Gasteiger partial charge in [-0.1, -0.05) is 0 Å². The predicted molar refractivity (Wildman–Crippen MR) is 70.0 cm³/mol. The van der Waals surface area contributed by atoms with Gasteiger partial charge >= 0.3 is 6.18 Å². The molecule has 2 unspecified atom stereocenters. The standard InChI is InChI=1S/C14H18F4N2/c1-9(19)12-7-11(15)4-5-13(12)20-6-2-3-10(8-20)14(16,17)18/h4-5,7,9-10H,2-3,6,8,19H2,1H3. The number of halogens is 4. The fourth-order valence-electron chi connectivity index (χ4n) is 2.64. The first-order chi connectivity index (χ1) is 9.29. The molecule has 1 heterocycles. The Morgan fingerprint density at radius 1 is 1.35 bits per heavy atom. The Morgan fingerprint density at radius 3 is 2.65 bits per heavy atom. The number of anilines is 1. The van der Waals surface area contributed by atoms with Crippen molar-refractivity contribution in [1.29, 1.82) is 0 Å². The van der Waals surface area contributed by atoms with E-state index in [4.69, 9.17) is 5.73 Å². The first-order valence-corrected chi connectivity index (χ1v) is 6.65. The van der Waals surface area contributed by atoms with Crippen LogP contribution in [0, 0.1) is 11.7 Å². The lowest BCUT2D eigenvalue weighted by atomic mass is 9.95. The van der Waals surface area contributed by atoms with Gasteiger partial charge in [0.15, 0.2) is 0 Å². The molecule has 1 aromatic rings. The summed E-state index contributed by atoms with van der Waals surface area (Å²) in [4.78, 5) is 1.67. The minimum Gasteiger partial charge on any atom is -0.371 e. The van der Waals surface area contributed by atoms with Crippen LogP contribution in [-0.2, 0) is 0 Å². The molecule has 0 bridgehead atoms. The van der Waals surface area contributed by atoms with E-state index in [9.17, 15) is 17.6 Å². The molecule has 2 nitrogen and oxygen atoms in total. The minimum absolute atomic E-state index is 0.0884. The molecule has 0 radical (unpaired) electrons. The van der Waals surface area contributed by atoms with Gasteiger partial charge in [-0.2, -0.15) is 13.2 Å². The summed E-state index contributed by atoms with van der Waals surface area (Å²) in [7, 11) is 0. The maximum Gasteiger partial charge on any atom is 0.393 e. The van der Waals surface area contributed by atoms with Gasteiger partial charge in [0.05, 0.1) is 5.92 Å². The highest BCUT2D eigenvalue weighted by Gasteiger charge is 2.42. The van der Waals surface area contributed by atoms with E-state index in [1.54, 1.807) is 11.8 Å². The van der Waals surface area contributed by atoms with Gasteiger partial charge in [0.1, 0.15) is 5.82 Å². The van der Waals surface area contributed by atoms with Crippen molar-refractivity contribution < 1.29 is 17.6 Å². The van der Waals surface area contributed by atoms with Crippen LogP contribution in [-0.4, -0.2) is 19.3 Å².